The van der Waals surface area contributed by atoms with E-state index >= 15 is 0 Å². The number of hydrogen-bond acceptors (Lipinski definition) is 3. The first kappa shape index (κ1) is 16.4. The zero-order valence-corrected chi connectivity index (χ0v) is 12.9. The van der Waals surface area contributed by atoms with Crippen LogP contribution in [0.4, 0.5) is 0 Å². The maximum Gasteiger partial charge on any atom is 0.323 e. The third kappa shape index (κ3) is 4.77. The summed E-state index contributed by atoms with van der Waals surface area (Å²) in [5, 5.41) is 13.0. The molecule has 0 saturated heterocycles. The van der Waals surface area contributed by atoms with Gasteiger partial charge >= 0.3 is 5.97 Å². The molecular weight excluding hydrogens is 240 g/mol. The maximum atomic E-state index is 11.7. The predicted octanol–water partition coefficient (Wildman–Crippen LogP) is 2.20. The average molecular weight is 270 g/mol. The molecule has 0 spiro atoms. The molecule has 19 heavy (non-hydrogen) atoms. The van der Waals surface area contributed by atoms with E-state index in [1.54, 1.807) is 0 Å². The van der Waals surface area contributed by atoms with Gasteiger partial charge in [0.2, 0.25) is 0 Å². The summed E-state index contributed by atoms with van der Waals surface area (Å²) < 4.78 is 0. The highest BCUT2D eigenvalue weighted by Crippen LogP contribution is 2.34. The van der Waals surface area contributed by atoms with Gasteiger partial charge in [-0.2, -0.15) is 0 Å². The van der Waals surface area contributed by atoms with Gasteiger partial charge in [-0.25, -0.2) is 0 Å². The number of aliphatic carboxylic acids is 1. The van der Waals surface area contributed by atoms with Crippen molar-refractivity contribution >= 4 is 5.97 Å². The van der Waals surface area contributed by atoms with Crippen LogP contribution >= 0.6 is 0 Å². The van der Waals surface area contributed by atoms with E-state index in [-0.39, 0.29) is 0 Å². The highest BCUT2D eigenvalue weighted by atomic mass is 16.4. The van der Waals surface area contributed by atoms with Crippen LogP contribution in [-0.2, 0) is 4.79 Å². The molecule has 2 atom stereocenters. The molecule has 4 nitrogen and oxygen atoms in total. The molecule has 0 bridgehead atoms. The van der Waals surface area contributed by atoms with Crippen LogP contribution in [0.25, 0.3) is 0 Å². The first-order chi connectivity index (χ1) is 8.87. The van der Waals surface area contributed by atoms with Crippen molar-refractivity contribution < 1.29 is 9.90 Å². The highest BCUT2D eigenvalue weighted by Gasteiger charge is 2.39. The van der Waals surface area contributed by atoms with Crippen LogP contribution < -0.4 is 5.32 Å². The molecule has 1 fully saturated rings. The second-order valence-electron chi connectivity index (χ2n) is 6.55. The van der Waals surface area contributed by atoms with Gasteiger partial charge in [0.1, 0.15) is 5.54 Å². The third-order valence-electron chi connectivity index (χ3n) is 4.49. The normalized spacial score (nSPS) is 28.6. The van der Waals surface area contributed by atoms with Gasteiger partial charge in [0.05, 0.1) is 0 Å². The Morgan fingerprint density at radius 1 is 1.37 bits per heavy atom. The fourth-order valence-electron chi connectivity index (χ4n) is 3.02. The van der Waals surface area contributed by atoms with Gasteiger partial charge in [0.15, 0.2) is 0 Å². The van der Waals surface area contributed by atoms with Crippen molar-refractivity contribution in [3.05, 3.63) is 0 Å². The van der Waals surface area contributed by atoms with E-state index < -0.39 is 11.5 Å². The molecule has 4 heteroatoms. The number of likely N-dealkylation sites (N-methyl/N-ethyl adjacent to an activating group) is 1. The monoisotopic (exact) mass is 270 g/mol. The van der Waals surface area contributed by atoms with Crippen LogP contribution in [0, 0.1) is 11.8 Å². The van der Waals surface area contributed by atoms with Gasteiger partial charge in [-0.3, -0.25) is 4.79 Å². The lowest BCUT2D eigenvalue weighted by Crippen LogP contribution is -2.53. The molecule has 2 unspecified atom stereocenters. The fourth-order valence-corrected chi connectivity index (χ4v) is 3.02. The Hall–Kier alpha value is -0.610. The van der Waals surface area contributed by atoms with E-state index in [1.165, 1.54) is 6.42 Å². The molecule has 1 saturated carbocycles. The SMILES string of the molecule is CC(C)C1CCCC(NCCN(C)C)(C(=O)O)CC1. The van der Waals surface area contributed by atoms with Crippen LogP contribution in [0.3, 0.4) is 0 Å². The Labute approximate surface area is 117 Å². The lowest BCUT2D eigenvalue weighted by Gasteiger charge is -2.30. The van der Waals surface area contributed by atoms with E-state index in [1.807, 2.05) is 14.1 Å². The fraction of sp³-hybridized carbons (Fsp3) is 0.933. The van der Waals surface area contributed by atoms with Gasteiger partial charge in [-0.15, -0.1) is 0 Å². The van der Waals surface area contributed by atoms with Crippen LogP contribution in [0.2, 0.25) is 0 Å². The lowest BCUT2D eigenvalue weighted by molar-refractivity contribution is -0.145. The van der Waals surface area contributed by atoms with E-state index in [4.69, 9.17) is 0 Å². The van der Waals surface area contributed by atoms with E-state index in [0.717, 1.165) is 38.8 Å². The molecule has 112 valence electrons. The number of nitrogens with one attached hydrogen (secondary N) is 1. The summed E-state index contributed by atoms with van der Waals surface area (Å²) in [4.78, 5) is 13.8. The number of nitrogens with zero attached hydrogens (tertiary/aromatic N) is 1. The highest BCUT2D eigenvalue weighted by molar-refractivity contribution is 5.78. The minimum absolute atomic E-state index is 0.659. The molecule has 1 rings (SSSR count). The molecule has 2 N–H and O–H groups in total. The zero-order valence-electron chi connectivity index (χ0n) is 12.9. The zero-order chi connectivity index (χ0) is 14.5. The van der Waals surface area contributed by atoms with E-state index in [2.05, 4.69) is 24.1 Å². The molecule has 0 aromatic heterocycles. The predicted molar refractivity (Wildman–Crippen MR) is 78.3 cm³/mol. The van der Waals surface area contributed by atoms with Crippen molar-refractivity contribution in [1.29, 1.82) is 0 Å². The van der Waals surface area contributed by atoms with Crippen molar-refractivity contribution in [3.63, 3.8) is 0 Å². The van der Waals surface area contributed by atoms with Gasteiger partial charge in [0.25, 0.3) is 0 Å². The second-order valence-corrected chi connectivity index (χ2v) is 6.55. The summed E-state index contributed by atoms with van der Waals surface area (Å²) >= 11 is 0. The number of carbonyl (C=O) groups is 1. The van der Waals surface area contributed by atoms with Crippen molar-refractivity contribution in [1.82, 2.24) is 10.2 Å². The van der Waals surface area contributed by atoms with Crippen LogP contribution in [-0.4, -0.2) is 48.7 Å². The lowest BCUT2D eigenvalue weighted by atomic mass is 9.86. The summed E-state index contributed by atoms with van der Waals surface area (Å²) in [6.07, 6.45) is 4.74. The molecule has 0 aliphatic heterocycles. The molecule has 0 aromatic rings. The number of carboxylic acid groups (broad SMARTS) is 1. The summed E-state index contributed by atoms with van der Waals surface area (Å²) in [5.41, 5.74) is -0.695. The Bertz CT molecular complexity index is 292. The Morgan fingerprint density at radius 2 is 2.05 bits per heavy atom. The molecule has 0 amide bonds. The van der Waals surface area contributed by atoms with Gasteiger partial charge in [-0.1, -0.05) is 26.7 Å². The van der Waals surface area contributed by atoms with Gasteiger partial charge in [0, 0.05) is 13.1 Å². The number of carboxylic acids is 1. The maximum absolute atomic E-state index is 11.7. The molecule has 0 heterocycles. The number of hydrogen-bond donors (Lipinski definition) is 2. The van der Waals surface area contributed by atoms with Crippen LogP contribution in [0.5, 0.6) is 0 Å². The Morgan fingerprint density at radius 3 is 2.58 bits per heavy atom. The van der Waals surface area contributed by atoms with Crippen LogP contribution in [0.1, 0.15) is 46.0 Å². The van der Waals surface area contributed by atoms with E-state index in [9.17, 15) is 9.90 Å². The van der Waals surface area contributed by atoms with E-state index in [0.29, 0.717) is 11.8 Å². The van der Waals surface area contributed by atoms with Crippen LogP contribution in [0.15, 0.2) is 0 Å². The smallest absolute Gasteiger partial charge is 0.323 e. The van der Waals surface area contributed by atoms with Crippen molar-refractivity contribution in [2.75, 3.05) is 27.2 Å². The summed E-state index contributed by atoms with van der Waals surface area (Å²) in [6.45, 7) is 6.12. The summed E-state index contributed by atoms with van der Waals surface area (Å²) in [5.74, 6) is 0.666. The quantitative estimate of drug-likeness (QED) is 0.727. The molecule has 0 radical (unpaired) electrons. The van der Waals surface area contributed by atoms with Gasteiger partial charge < -0.3 is 15.3 Å². The average Bonchev–Trinajstić information content (AvgIpc) is 2.52. The van der Waals surface area contributed by atoms with Crippen molar-refractivity contribution in [2.24, 2.45) is 11.8 Å². The Balaban J connectivity index is 2.63. The standard InChI is InChI=1S/C15H30N2O2/c1-12(2)13-6-5-8-15(9-7-13,14(18)19)16-10-11-17(3)4/h12-13,16H,5-11H2,1-4H3,(H,18,19). The Kier molecular flexibility index (Phi) is 6.27. The molecular formula is C15H30N2O2. The molecule has 0 aromatic carbocycles. The van der Waals surface area contributed by atoms with Crippen molar-refractivity contribution in [3.8, 4) is 0 Å². The third-order valence-corrected chi connectivity index (χ3v) is 4.49. The first-order valence-electron chi connectivity index (χ1n) is 7.50. The van der Waals surface area contributed by atoms with Gasteiger partial charge in [-0.05, 0) is 45.2 Å². The second kappa shape index (κ2) is 7.25. The molecule has 1 aliphatic rings. The minimum Gasteiger partial charge on any atom is -0.480 e. The summed E-state index contributed by atoms with van der Waals surface area (Å²) in [6, 6.07) is 0. The van der Waals surface area contributed by atoms with Crippen molar-refractivity contribution in [2.45, 2.75) is 51.5 Å². The molecule has 1 aliphatic carbocycles. The minimum atomic E-state index is -0.695. The largest absolute Gasteiger partial charge is 0.480 e. The summed E-state index contributed by atoms with van der Waals surface area (Å²) in [7, 11) is 4.02. The topological polar surface area (TPSA) is 52.6 Å². The number of rotatable bonds is 6. The first-order valence-corrected chi connectivity index (χ1v) is 7.50.